The topological polar surface area (TPSA) is 44.8 Å². The fraction of sp³-hybridized carbons (Fsp3) is 0.480. The highest BCUT2D eigenvalue weighted by atomic mass is 16.5. The molecule has 29 heavy (non-hydrogen) atoms. The number of hydrogen-bond acceptors (Lipinski definition) is 4. The number of carbonyl (C=O) groups is 1. The van der Waals surface area contributed by atoms with Crippen LogP contribution in [-0.2, 0) is 22.6 Å². The van der Waals surface area contributed by atoms with Gasteiger partial charge in [0.25, 0.3) is 0 Å². The van der Waals surface area contributed by atoms with Gasteiger partial charge in [0.05, 0.1) is 12.7 Å². The Balaban J connectivity index is 1.52. The lowest BCUT2D eigenvalue weighted by Crippen LogP contribution is -2.19. The fourth-order valence-electron chi connectivity index (χ4n) is 3.75. The van der Waals surface area contributed by atoms with E-state index in [0.717, 1.165) is 41.0 Å². The molecule has 4 nitrogen and oxygen atoms in total. The molecule has 2 aromatic rings. The number of benzene rings is 2. The Morgan fingerprint density at radius 1 is 1.03 bits per heavy atom. The minimum absolute atomic E-state index is 0.152. The summed E-state index contributed by atoms with van der Waals surface area (Å²) in [6.45, 7) is 4.79. The first-order chi connectivity index (χ1) is 14.1. The molecule has 0 radical (unpaired) electrons. The quantitative estimate of drug-likeness (QED) is 0.504. The minimum Gasteiger partial charge on any atom is -0.490 e. The van der Waals surface area contributed by atoms with E-state index in [0.29, 0.717) is 32.2 Å². The van der Waals surface area contributed by atoms with Crippen LogP contribution in [-0.4, -0.2) is 18.7 Å². The van der Waals surface area contributed by atoms with Crippen LogP contribution in [0.25, 0.3) is 0 Å². The molecule has 1 aliphatic carbocycles. The van der Waals surface area contributed by atoms with Gasteiger partial charge in [0, 0.05) is 6.42 Å². The molecular formula is C25H32O4. The third-order valence-corrected chi connectivity index (χ3v) is 5.31. The monoisotopic (exact) mass is 396 g/mol. The van der Waals surface area contributed by atoms with Crippen molar-refractivity contribution in [3.05, 3.63) is 59.2 Å². The van der Waals surface area contributed by atoms with Gasteiger partial charge in [-0.25, -0.2) is 0 Å². The van der Waals surface area contributed by atoms with Gasteiger partial charge in [-0.05, 0) is 80.8 Å². The molecule has 3 rings (SSSR count). The van der Waals surface area contributed by atoms with Crippen molar-refractivity contribution >= 4 is 5.97 Å². The lowest BCUT2D eigenvalue weighted by atomic mass is 9.98. The summed E-state index contributed by atoms with van der Waals surface area (Å²) in [4.78, 5) is 11.5. The summed E-state index contributed by atoms with van der Waals surface area (Å²) < 4.78 is 17.2. The van der Waals surface area contributed by atoms with Crippen LogP contribution < -0.4 is 9.47 Å². The summed E-state index contributed by atoms with van der Waals surface area (Å²) in [6, 6.07) is 14.3. The van der Waals surface area contributed by atoms with Crippen LogP contribution in [0.2, 0.25) is 0 Å². The number of hydrogen-bond donors (Lipinski definition) is 0. The van der Waals surface area contributed by atoms with E-state index in [2.05, 4.69) is 18.2 Å². The molecule has 0 aromatic heterocycles. The maximum Gasteiger partial charge on any atom is 0.306 e. The molecule has 1 saturated carbocycles. The summed E-state index contributed by atoms with van der Waals surface area (Å²) in [5.41, 5.74) is 3.29. The van der Waals surface area contributed by atoms with Gasteiger partial charge in [0.15, 0.2) is 0 Å². The van der Waals surface area contributed by atoms with E-state index >= 15 is 0 Å². The van der Waals surface area contributed by atoms with Crippen LogP contribution in [0.15, 0.2) is 42.5 Å². The average Bonchev–Trinajstić information content (AvgIpc) is 2.73. The van der Waals surface area contributed by atoms with Crippen molar-refractivity contribution in [3.8, 4) is 11.5 Å². The molecule has 0 unspecified atom stereocenters. The normalized spacial score (nSPS) is 14.4. The molecule has 4 heteroatoms. The largest absolute Gasteiger partial charge is 0.490 e. The molecule has 0 N–H and O–H groups in total. The summed E-state index contributed by atoms with van der Waals surface area (Å²) >= 11 is 0. The van der Waals surface area contributed by atoms with Crippen molar-refractivity contribution in [2.24, 2.45) is 0 Å². The molecule has 0 spiro atoms. The Hall–Kier alpha value is -2.49. The number of ether oxygens (including phenoxy) is 3. The first-order valence-corrected chi connectivity index (χ1v) is 10.8. The Kier molecular flexibility index (Phi) is 7.97. The van der Waals surface area contributed by atoms with Crippen molar-refractivity contribution in [2.45, 2.75) is 71.5 Å². The summed E-state index contributed by atoms with van der Waals surface area (Å²) in [7, 11) is 0. The molecular weight excluding hydrogens is 364 g/mol. The smallest absolute Gasteiger partial charge is 0.306 e. The molecule has 0 saturated heterocycles. The van der Waals surface area contributed by atoms with Gasteiger partial charge in [-0.15, -0.1) is 0 Å². The highest BCUT2D eigenvalue weighted by Crippen LogP contribution is 2.25. The van der Waals surface area contributed by atoms with Gasteiger partial charge < -0.3 is 14.2 Å². The lowest BCUT2D eigenvalue weighted by molar-refractivity contribution is -0.143. The second kappa shape index (κ2) is 10.9. The number of carbonyl (C=O) groups excluding carboxylic acids is 1. The van der Waals surface area contributed by atoms with E-state index in [9.17, 15) is 4.79 Å². The Bertz CT molecular complexity index is 793. The van der Waals surface area contributed by atoms with E-state index in [1.165, 1.54) is 19.3 Å². The second-order valence-corrected chi connectivity index (χ2v) is 7.72. The van der Waals surface area contributed by atoms with Crippen LogP contribution in [0.5, 0.6) is 11.5 Å². The number of aryl methyl sites for hydroxylation is 2. The Morgan fingerprint density at radius 3 is 2.62 bits per heavy atom. The highest BCUT2D eigenvalue weighted by Gasteiger charge is 2.15. The number of esters is 1. The SMILES string of the molecule is CCOC(=O)CCc1ccc(OCc2cccc(OC3CCCCC3)c2)c(C)c1. The van der Waals surface area contributed by atoms with Gasteiger partial charge in [0.1, 0.15) is 18.1 Å². The zero-order chi connectivity index (χ0) is 20.5. The van der Waals surface area contributed by atoms with Crippen molar-refractivity contribution in [3.63, 3.8) is 0 Å². The second-order valence-electron chi connectivity index (χ2n) is 7.72. The summed E-state index contributed by atoms with van der Waals surface area (Å²) in [5, 5.41) is 0. The van der Waals surface area contributed by atoms with E-state index in [4.69, 9.17) is 14.2 Å². The molecule has 0 heterocycles. The van der Waals surface area contributed by atoms with Crippen LogP contribution in [0, 0.1) is 6.92 Å². The Morgan fingerprint density at radius 2 is 1.86 bits per heavy atom. The van der Waals surface area contributed by atoms with Crippen LogP contribution in [0.4, 0.5) is 0 Å². The van der Waals surface area contributed by atoms with Crippen molar-refractivity contribution < 1.29 is 19.0 Å². The van der Waals surface area contributed by atoms with Crippen molar-refractivity contribution in [2.75, 3.05) is 6.61 Å². The molecule has 156 valence electrons. The zero-order valence-corrected chi connectivity index (χ0v) is 17.6. The van der Waals surface area contributed by atoms with E-state index < -0.39 is 0 Å². The minimum atomic E-state index is -0.152. The summed E-state index contributed by atoms with van der Waals surface area (Å²) in [6.07, 6.45) is 7.61. The van der Waals surface area contributed by atoms with Crippen LogP contribution in [0.1, 0.15) is 62.1 Å². The van der Waals surface area contributed by atoms with Gasteiger partial charge in [-0.1, -0.05) is 30.7 Å². The third-order valence-electron chi connectivity index (χ3n) is 5.31. The summed E-state index contributed by atoms with van der Waals surface area (Å²) in [5.74, 6) is 1.65. The van der Waals surface area contributed by atoms with E-state index in [1.54, 1.807) is 0 Å². The molecule has 1 aliphatic rings. The first kappa shape index (κ1) is 21.2. The predicted molar refractivity (Wildman–Crippen MR) is 114 cm³/mol. The van der Waals surface area contributed by atoms with Crippen molar-refractivity contribution in [1.29, 1.82) is 0 Å². The van der Waals surface area contributed by atoms with Gasteiger partial charge in [-0.3, -0.25) is 4.79 Å². The molecule has 0 aliphatic heterocycles. The van der Waals surface area contributed by atoms with Crippen molar-refractivity contribution in [1.82, 2.24) is 0 Å². The van der Waals surface area contributed by atoms with Gasteiger partial charge >= 0.3 is 5.97 Å². The molecule has 0 bridgehead atoms. The lowest BCUT2D eigenvalue weighted by Gasteiger charge is -2.23. The fourth-order valence-corrected chi connectivity index (χ4v) is 3.75. The maximum atomic E-state index is 11.5. The molecule has 0 atom stereocenters. The number of rotatable bonds is 9. The molecule has 2 aromatic carbocycles. The van der Waals surface area contributed by atoms with Gasteiger partial charge in [-0.2, -0.15) is 0 Å². The third kappa shape index (κ3) is 6.81. The Labute approximate surface area is 174 Å². The molecule has 0 amide bonds. The highest BCUT2D eigenvalue weighted by molar-refractivity contribution is 5.69. The average molecular weight is 397 g/mol. The van der Waals surface area contributed by atoms with Gasteiger partial charge in [0.2, 0.25) is 0 Å². The first-order valence-electron chi connectivity index (χ1n) is 10.8. The zero-order valence-electron chi connectivity index (χ0n) is 17.6. The maximum absolute atomic E-state index is 11.5. The van der Waals surface area contributed by atoms with Crippen LogP contribution >= 0.6 is 0 Å². The van der Waals surface area contributed by atoms with Crippen LogP contribution in [0.3, 0.4) is 0 Å². The predicted octanol–water partition coefficient (Wildman–Crippen LogP) is 5.78. The van der Waals surface area contributed by atoms with E-state index in [1.807, 2.05) is 38.1 Å². The molecule has 1 fully saturated rings. The van der Waals surface area contributed by atoms with E-state index in [-0.39, 0.29) is 5.97 Å². The standard InChI is InChI=1S/C25H32O4/c1-3-27-25(26)15-13-20-12-14-24(19(2)16-20)28-18-21-8-7-11-23(17-21)29-22-9-5-4-6-10-22/h7-8,11-12,14,16-17,22H,3-6,9-10,13,15,18H2,1-2H3.